The first-order valence-electron chi connectivity index (χ1n) is 7.86. The fourth-order valence-electron chi connectivity index (χ4n) is 2.80. The van der Waals surface area contributed by atoms with Crippen LogP contribution in [-0.4, -0.2) is 72.5 Å². The lowest BCUT2D eigenvalue weighted by Crippen LogP contribution is -2.46. The highest BCUT2D eigenvalue weighted by Gasteiger charge is 2.27. The van der Waals surface area contributed by atoms with Gasteiger partial charge < -0.3 is 15.0 Å². The third-order valence-corrected chi connectivity index (χ3v) is 4.63. The first kappa shape index (κ1) is 17.8. The van der Waals surface area contributed by atoms with Crippen LogP contribution in [0.2, 0.25) is 0 Å². The number of hydrogen-bond acceptors (Lipinski definition) is 6. The van der Waals surface area contributed by atoms with Crippen LogP contribution in [0, 0.1) is 0 Å². The van der Waals surface area contributed by atoms with Crippen LogP contribution >= 0.6 is 11.3 Å². The van der Waals surface area contributed by atoms with Crippen molar-refractivity contribution >= 4 is 28.3 Å². The van der Waals surface area contributed by atoms with Gasteiger partial charge in [0.1, 0.15) is 6.61 Å². The average molecular weight is 340 g/mol. The number of anilines is 1. The summed E-state index contributed by atoms with van der Waals surface area (Å²) in [4.78, 5) is 32.5. The van der Waals surface area contributed by atoms with Crippen molar-refractivity contribution in [3.8, 4) is 0 Å². The van der Waals surface area contributed by atoms with Gasteiger partial charge in [-0.15, -0.1) is 11.3 Å². The fourth-order valence-corrected chi connectivity index (χ4v) is 3.33. The second-order valence-electron chi connectivity index (χ2n) is 5.45. The summed E-state index contributed by atoms with van der Waals surface area (Å²) in [6.45, 7) is 4.96. The van der Waals surface area contributed by atoms with Crippen LogP contribution in [-0.2, 0) is 14.3 Å². The molecule has 2 amide bonds. The minimum Gasteiger partial charge on any atom is -0.375 e. The normalized spacial score (nSPS) is 17.6. The van der Waals surface area contributed by atoms with E-state index in [0.717, 1.165) is 19.4 Å². The number of hydrogen-bond donors (Lipinski definition) is 1. The van der Waals surface area contributed by atoms with Crippen molar-refractivity contribution in [3.05, 3.63) is 11.6 Å². The van der Waals surface area contributed by atoms with Crippen LogP contribution in [0.25, 0.3) is 0 Å². The number of amides is 2. The van der Waals surface area contributed by atoms with Crippen molar-refractivity contribution in [3.63, 3.8) is 0 Å². The van der Waals surface area contributed by atoms with Gasteiger partial charge in [-0.1, -0.05) is 6.92 Å². The van der Waals surface area contributed by atoms with Crippen LogP contribution < -0.4 is 5.32 Å². The van der Waals surface area contributed by atoms with Crippen LogP contribution in [0.4, 0.5) is 5.13 Å². The Morgan fingerprint density at radius 1 is 1.39 bits per heavy atom. The molecule has 0 saturated carbocycles. The van der Waals surface area contributed by atoms with Crippen LogP contribution in [0.15, 0.2) is 11.6 Å². The zero-order valence-electron chi connectivity index (χ0n) is 13.7. The van der Waals surface area contributed by atoms with Crippen molar-refractivity contribution in [2.24, 2.45) is 0 Å². The topological polar surface area (TPSA) is 74.8 Å². The van der Waals surface area contributed by atoms with Gasteiger partial charge in [-0.25, -0.2) is 4.98 Å². The quantitative estimate of drug-likeness (QED) is 0.837. The van der Waals surface area contributed by atoms with E-state index in [1.54, 1.807) is 6.20 Å². The molecule has 1 saturated heterocycles. The van der Waals surface area contributed by atoms with E-state index in [4.69, 9.17) is 4.74 Å². The van der Waals surface area contributed by atoms with Crippen molar-refractivity contribution in [2.75, 3.05) is 45.2 Å². The molecule has 2 heterocycles. The SMILES string of the molecule is CC[C@@H](C(=O)Nc1nccs1)N1CCCN(C(=O)COC)CC1. The Kier molecular flexibility index (Phi) is 6.94. The zero-order valence-corrected chi connectivity index (χ0v) is 14.5. The summed E-state index contributed by atoms with van der Waals surface area (Å²) >= 11 is 1.41. The molecule has 1 aromatic rings. The number of rotatable bonds is 6. The smallest absolute Gasteiger partial charge is 0.248 e. The minimum absolute atomic E-state index is 0.00892. The Hall–Kier alpha value is -1.51. The van der Waals surface area contributed by atoms with Gasteiger partial charge >= 0.3 is 0 Å². The fraction of sp³-hybridized carbons (Fsp3) is 0.667. The van der Waals surface area contributed by atoms with Crippen LogP contribution in [0.1, 0.15) is 19.8 Å². The molecule has 0 bridgehead atoms. The number of aromatic nitrogens is 1. The van der Waals surface area contributed by atoms with Crippen molar-refractivity contribution in [1.82, 2.24) is 14.8 Å². The summed E-state index contributed by atoms with van der Waals surface area (Å²) in [6.07, 6.45) is 3.26. The monoisotopic (exact) mass is 340 g/mol. The molecular formula is C15H24N4O3S. The molecule has 1 aromatic heterocycles. The van der Waals surface area contributed by atoms with E-state index in [2.05, 4.69) is 15.2 Å². The molecule has 0 spiro atoms. The zero-order chi connectivity index (χ0) is 16.7. The van der Waals surface area contributed by atoms with Crippen molar-refractivity contribution in [2.45, 2.75) is 25.8 Å². The summed E-state index contributed by atoms with van der Waals surface area (Å²) in [5, 5.41) is 5.33. The van der Waals surface area contributed by atoms with Gasteiger partial charge in [0, 0.05) is 44.9 Å². The van der Waals surface area contributed by atoms with Gasteiger partial charge in [0.25, 0.3) is 0 Å². The maximum atomic E-state index is 12.5. The molecule has 1 aliphatic heterocycles. The molecule has 7 nitrogen and oxygen atoms in total. The Labute approximate surface area is 140 Å². The maximum absolute atomic E-state index is 12.5. The molecule has 8 heteroatoms. The predicted octanol–water partition coefficient (Wildman–Crippen LogP) is 1.04. The van der Waals surface area contributed by atoms with E-state index in [0.29, 0.717) is 24.8 Å². The number of ether oxygens (including phenoxy) is 1. The lowest BCUT2D eigenvalue weighted by Gasteiger charge is -2.28. The molecule has 23 heavy (non-hydrogen) atoms. The van der Waals surface area contributed by atoms with Gasteiger partial charge in [0.2, 0.25) is 11.8 Å². The molecule has 2 rings (SSSR count). The molecule has 0 aliphatic carbocycles. The highest BCUT2D eigenvalue weighted by molar-refractivity contribution is 7.13. The summed E-state index contributed by atoms with van der Waals surface area (Å²) in [6, 6.07) is -0.198. The number of nitrogens with zero attached hydrogens (tertiary/aromatic N) is 3. The molecule has 0 unspecified atom stereocenters. The van der Waals surface area contributed by atoms with Gasteiger partial charge in [0.05, 0.1) is 6.04 Å². The lowest BCUT2D eigenvalue weighted by atomic mass is 10.1. The van der Waals surface area contributed by atoms with E-state index < -0.39 is 0 Å². The Morgan fingerprint density at radius 3 is 2.87 bits per heavy atom. The van der Waals surface area contributed by atoms with Gasteiger partial charge in [-0.05, 0) is 12.8 Å². The van der Waals surface area contributed by atoms with E-state index in [1.165, 1.54) is 18.4 Å². The number of methoxy groups -OCH3 is 1. The Bertz CT molecular complexity index is 509. The van der Waals surface area contributed by atoms with E-state index in [1.807, 2.05) is 17.2 Å². The summed E-state index contributed by atoms with van der Waals surface area (Å²) in [5.41, 5.74) is 0. The standard InChI is InChI=1S/C15H24N4O3S/c1-3-12(14(21)17-15-16-5-10-23-15)18-6-4-7-19(9-8-18)13(20)11-22-2/h5,10,12H,3-4,6-9,11H2,1-2H3,(H,16,17,21)/t12-/m0/s1. The summed E-state index contributed by atoms with van der Waals surface area (Å²) in [7, 11) is 1.53. The lowest BCUT2D eigenvalue weighted by molar-refractivity contribution is -0.135. The predicted molar refractivity (Wildman–Crippen MR) is 89.5 cm³/mol. The second-order valence-corrected chi connectivity index (χ2v) is 6.35. The average Bonchev–Trinajstić information content (AvgIpc) is 2.91. The number of carbonyl (C=O) groups excluding carboxylic acids is 2. The minimum atomic E-state index is -0.198. The van der Waals surface area contributed by atoms with Crippen LogP contribution in [0.5, 0.6) is 0 Å². The van der Waals surface area contributed by atoms with Gasteiger partial charge in [0.15, 0.2) is 5.13 Å². The molecule has 1 aliphatic rings. The van der Waals surface area contributed by atoms with Crippen molar-refractivity contribution < 1.29 is 14.3 Å². The largest absolute Gasteiger partial charge is 0.375 e. The molecule has 1 atom stereocenters. The summed E-state index contributed by atoms with van der Waals surface area (Å²) in [5.74, 6) is -0.0197. The van der Waals surface area contributed by atoms with E-state index in [9.17, 15) is 9.59 Å². The first-order chi connectivity index (χ1) is 11.2. The van der Waals surface area contributed by atoms with Crippen LogP contribution in [0.3, 0.4) is 0 Å². The van der Waals surface area contributed by atoms with E-state index in [-0.39, 0.29) is 24.5 Å². The Balaban J connectivity index is 1.93. The molecular weight excluding hydrogens is 316 g/mol. The maximum Gasteiger partial charge on any atom is 0.248 e. The Morgan fingerprint density at radius 2 is 2.22 bits per heavy atom. The molecule has 0 aromatic carbocycles. The highest BCUT2D eigenvalue weighted by Crippen LogP contribution is 2.15. The number of thiazole rings is 1. The second kappa shape index (κ2) is 8.95. The molecule has 0 radical (unpaired) electrons. The summed E-state index contributed by atoms with van der Waals surface area (Å²) < 4.78 is 4.92. The first-order valence-corrected chi connectivity index (χ1v) is 8.74. The van der Waals surface area contributed by atoms with Gasteiger partial charge in [-0.2, -0.15) is 0 Å². The highest BCUT2D eigenvalue weighted by atomic mass is 32.1. The number of nitrogens with one attached hydrogen (secondary N) is 1. The molecule has 128 valence electrons. The third-order valence-electron chi connectivity index (χ3n) is 3.94. The molecule has 1 N–H and O–H groups in total. The number of carbonyl (C=O) groups is 2. The third kappa shape index (κ3) is 4.98. The van der Waals surface area contributed by atoms with E-state index >= 15 is 0 Å². The van der Waals surface area contributed by atoms with Crippen molar-refractivity contribution in [1.29, 1.82) is 0 Å². The van der Waals surface area contributed by atoms with Gasteiger partial charge in [-0.3, -0.25) is 14.5 Å². The molecule has 1 fully saturated rings.